The Hall–Kier alpha value is -3.40. The normalized spacial score (nSPS) is 10.7. The number of ether oxygens (including phenoxy) is 1. The van der Waals surface area contributed by atoms with Crippen LogP contribution in [0, 0.1) is 6.92 Å². The Labute approximate surface area is 152 Å². The van der Waals surface area contributed by atoms with Gasteiger partial charge in [-0.15, -0.1) is 0 Å². The van der Waals surface area contributed by atoms with E-state index in [0.29, 0.717) is 18.3 Å². The fourth-order valence-corrected chi connectivity index (χ4v) is 2.62. The first kappa shape index (κ1) is 16.1. The largest absolute Gasteiger partial charge is 0.489 e. The number of aromatic nitrogens is 2. The van der Waals surface area contributed by atoms with Crippen molar-refractivity contribution in [3.63, 3.8) is 0 Å². The van der Waals surface area contributed by atoms with Crippen LogP contribution in [0.5, 0.6) is 5.75 Å². The molecule has 128 valence electrons. The van der Waals surface area contributed by atoms with Crippen LogP contribution in [-0.4, -0.2) is 10.1 Å². The molecule has 0 fully saturated rings. The zero-order valence-electron chi connectivity index (χ0n) is 14.4. The predicted molar refractivity (Wildman–Crippen MR) is 101 cm³/mol. The zero-order valence-corrected chi connectivity index (χ0v) is 14.4. The summed E-state index contributed by atoms with van der Waals surface area (Å²) in [6, 6.07) is 25.8. The highest BCUT2D eigenvalue weighted by Gasteiger charge is 2.11. The van der Waals surface area contributed by atoms with Gasteiger partial charge < -0.3 is 9.26 Å². The van der Waals surface area contributed by atoms with E-state index in [0.717, 1.165) is 22.4 Å². The average molecular weight is 342 g/mol. The lowest BCUT2D eigenvalue weighted by Crippen LogP contribution is -1.95. The molecule has 0 saturated carbocycles. The number of nitrogens with zero attached hydrogens (tertiary/aromatic N) is 2. The molecule has 4 nitrogen and oxygen atoms in total. The SMILES string of the molecule is Cc1ccc(-c2noc(-c3cccc(OCc4ccccc4)c3)n2)cc1. The van der Waals surface area contributed by atoms with Crippen LogP contribution in [0.3, 0.4) is 0 Å². The highest BCUT2D eigenvalue weighted by molar-refractivity contribution is 5.61. The summed E-state index contributed by atoms with van der Waals surface area (Å²) in [7, 11) is 0. The Kier molecular flexibility index (Phi) is 4.48. The molecule has 4 rings (SSSR count). The summed E-state index contributed by atoms with van der Waals surface area (Å²) in [5.41, 5.74) is 4.08. The summed E-state index contributed by atoms with van der Waals surface area (Å²) in [6.45, 7) is 2.56. The van der Waals surface area contributed by atoms with Crippen molar-refractivity contribution >= 4 is 0 Å². The molecule has 0 N–H and O–H groups in total. The van der Waals surface area contributed by atoms with Crippen LogP contribution in [0.15, 0.2) is 83.4 Å². The topological polar surface area (TPSA) is 48.2 Å². The van der Waals surface area contributed by atoms with Gasteiger partial charge in [0, 0.05) is 11.1 Å². The minimum atomic E-state index is 0.478. The van der Waals surface area contributed by atoms with Gasteiger partial charge >= 0.3 is 0 Å². The molecule has 0 unspecified atom stereocenters. The lowest BCUT2D eigenvalue weighted by Gasteiger charge is -2.06. The average Bonchev–Trinajstić information content (AvgIpc) is 3.18. The molecule has 0 aliphatic carbocycles. The Morgan fingerprint density at radius 3 is 2.46 bits per heavy atom. The molecule has 0 radical (unpaired) electrons. The van der Waals surface area contributed by atoms with Crippen molar-refractivity contribution in [1.82, 2.24) is 10.1 Å². The molecule has 1 heterocycles. The Bertz CT molecular complexity index is 992. The van der Waals surface area contributed by atoms with E-state index in [4.69, 9.17) is 9.26 Å². The van der Waals surface area contributed by atoms with Crippen LogP contribution >= 0.6 is 0 Å². The highest BCUT2D eigenvalue weighted by Crippen LogP contribution is 2.25. The van der Waals surface area contributed by atoms with Crippen molar-refractivity contribution in [3.05, 3.63) is 90.0 Å². The second-order valence-corrected chi connectivity index (χ2v) is 6.09. The second-order valence-electron chi connectivity index (χ2n) is 6.09. The third kappa shape index (κ3) is 3.64. The summed E-state index contributed by atoms with van der Waals surface area (Å²) < 4.78 is 11.3. The van der Waals surface area contributed by atoms with Crippen molar-refractivity contribution in [3.8, 4) is 28.6 Å². The maximum atomic E-state index is 5.87. The molecule has 3 aromatic carbocycles. The van der Waals surface area contributed by atoms with E-state index >= 15 is 0 Å². The van der Waals surface area contributed by atoms with E-state index in [1.165, 1.54) is 5.56 Å². The van der Waals surface area contributed by atoms with Crippen molar-refractivity contribution in [2.24, 2.45) is 0 Å². The Balaban J connectivity index is 1.52. The first-order valence-corrected chi connectivity index (χ1v) is 8.46. The molecule has 0 spiro atoms. The van der Waals surface area contributed by atoms with Crippen LogP contribution in [0.2, 0.25) is 0 Å². The van der Waals surface area contributed by atoms with Gasteiger partial charge in [-0.3, -0.25) is 0 Å². The molecule has 4 aromatic rings. The summed E-state index contributed by atoms with van der Waals surface area (Å²) in [5, 5.41) is 4.09. The van der Waals surface area contributed by atoms with Gasteiger partial charge in [0.1, 0.15) is 12.4 Å². The monoisotopic (exact) mass is 342 g/mol. The Morgan fingerprint density at radius 1 is 0.846 bits per heavy atom. The fourth-order valence-electron chi connectivity index (χ4n) is 2.62. The number of rotatable bonds is 5. The van der Waals surface area contributed by atoms with Crippen LogP contribution in [0.1, 0.15) is 11.1 Å². The first-order valence-electron chi connectivity index (χ1n) is 8.46. The standard InChI is InChI=1S/C22H18N2O2/c1-16-10-12-18(13-11-16)21-23-22(26-24-21)19-8-5-9-20(14-19)25-15-17-6-3-2-4-7-17/h2-14H,15H2,1H3. The molecular weight excluding hydrogens is 324 g/mol. The number of hydrogen-bond acceptors (Lipinski definition) is 4. The van der Waals surface area contributed by atoms with Crippen molar-refractivity contribution < 1.29 is 9.26 Å². The lowest BCUT2D eigenvalue weighted by molar-refractivity contribution is 0.306. The third-order valence-electron chi connectivity index (χ3n) is 4.07. The van der Waals surface area contributed by atoms with Crippen LogP contribution in [-0.2, 0) is 6.61 Å². The zero-order chi connectivity index (χ0) is 17.8. The van der Waals surface area contributed by atoms with E-state index in [9.17, 15) is 0 Å². The lowest BCUT2D eigenvalue weighted by atomic mass is 10.1. The van der Waals surface area contributed by atoms with Crippen LogP contribution in [0.4, 0.5) is 0 Å². The molecule has 26 heavy (non-hydrogen) atoms. The quantitative estimate of drug-likeness (QED) is 0.494. The van der Waals surface area contributed by atoms with Gasteiger partial charge in [0.2, 0.25) is 5.82 Å². The summed E-state index contributed by atoms with van der Waals surface area (Å²) in [5.74, 6) is 1.82. The van der Waals surface area contributed by atoms with Crippen molar-refractivity contribution in [2.45, 2.75) is 13.5 Å². The number of benzene rings is 3. The predicted octanol–water partition coefficient (Wildman–Crippen LogP) is 5.29. The van der Waals surface area contributed by atoms with Gasteiger partial charge in [-0.25, -0.2) is 0 Å². The van der Waals surface area contributed by atoms with Crippen molar-refractivity contribution in [2.75, 3.05) is 0 Å². The van der Waals surface area contributed by atoms with E-state index in [2.05, 4.69) is 10.1 Å². The maximum Gasteiger partial charge on any atom is 0.258 e. The molecule has 0 aliphatic heterocycles. The molecule has 4 heteroatoms. The minimum Gasteiger partial charge on any atom is -0.489 e. The van der Waals surface area contributed by atoms with Gasteiger partial charge in [-0.1, -0.05) is 71.4 Å². The van der Waals surface area contributed by atoms with E-state index in [-0.39, 0.29) is 0 Å². The second kappa shape index (κ2) is 7.23. The van der Waals surface area contributed by atoms with Crippen molar-refractivity contribution in [1.29, 1.82) is 0 Å². The molecule has 0 bridgehead atoms. The maximum absolute atomic E-state index is 5.87. The molecular formula is C22H18N2O2. The van der Waals surface area contributed by atoms with Crippen LogP contribution in [0.25, 0.3) is 22.8 Å². The van der Waals surface area contributed by atoms with Gasteiger partial charge in [0.15, 0.2) is 0 Å². The van der Waals surface area contributed by atoms with E-state index < -0.39 is 0 Å². The van der Waals surface area contributed by atoms with Crippen LogP contribution < -0.4 is 4.74 Å². The molecule has 0 atom stereocenters. The van der Waals surface area contributed by atoms with Gasteiger partial charge in [-0.2, -0.15) is 4.98 Å². The Morgan fingerprint density at radius 2 is 1.65 bits per heavy atom. The summed E-state index contributed by atoms with van der Waals surface area (Å²) >= 11 is 0. The molecule has 0 saturated heterocycles. The number of aryl methyl sites for hydroxylation is 1. The first-order chi connectivity index (χ1) is 12.8. The summed E-state index contributed by atoms with van der Waals surface area (Å²) in [6.07, 6.45) is 0. The van der Waals surface area contributed by atoms with E-state index in [1.807, 2.05) is 85.8 Å². The molecule has 1 aromatic heterocycles. The summed E-state index contributed by atoms with van der Waals surface area (Å²) in [4.78, 5) is 4.51. The smallest absolute Gasteiger partial charge is 0.258 e. The van der Waals surface area contributed by atoms with Gasteiger partial charge in [0.05, 0.1) is 0 Å². The third-order valence-corrected chi connectivity index (χ3v) is 4.07. The van der Waals surface area contributed by atoms with Gasteiger partial charge in [-0.05, 0) is 30.7 Å². The highest BCUT2D eigenvalue weighted by atomic mass is 16.5. The van der Waals surface area contributed by atoms with E-state index in [1.54, 1.807) is 0 Å². The molecule has 0 amide bonds. The fraction of sp³-hybridized carbons (Fsp3) is 0.0909. The van der Waals surface area contributed by atoms with Gasteiger partial charge in [0.25, 0.3) is 5.89 Å². The minimum absolute atomic E-state index is 0.478. The molecule has 0 aliphatic rings. The number of hydrogen-bond donors (Lipinski definition) is 0.